The van der Waals surface area contributed by atoms with Crippen LogP contribution < -0.4 is 11.1 Å². The standard InChI is InChI=1S/C16H33N3O2/c1-13(18-10-6-5-9-17)12-14-8-7-11-19(14)15(20)21-16(2,3)4/h13-14,18H,5-12,17H2,1-4H3. The van der Waals surface area contributed by atoms with Gasteiger partial charge in [0.15, 0.2) is 0 Å². The maximum Gasteiger partial charge on any atom is 0.410 e. The van der Waals surface area contributed by atoms with E-state index in [1.807, 2.05) is 25.7 Å². The monoisotopic (exact) mass is 299 g/mol. The number of nitrogens with two attached hydrogens (primary N) is 1. The van der Waals surface area contributed by atoms with Crippen LogP contribution in [-0.2, 0) is 4.74 Å². The number of likely N-dealkylation sites (tertiary alicyclic amines) is 1. The van der Waals surface area contributed by atoms with Crippen molar-refractivity contribution in [3.63, 3.8) is 0 Å². The molecule has 124 valence electrons. The first-order valence-electron chi connectivity index (χ1n) is 8.26. The van der Waals surface area contributed by atoms with Gasteiger partial charge in [0.1, 0.15) is 5.60 Å². The van der Waals surface area contributed by atoms with Crippen LogP contribution >= 0.6 is 0 Å². The number of hydrogen-bond donors (Lipinski definition) is 2. The van der Waals surface area contributed by atoms with E-state index < -0.39 is 5.60 Å². The van der Waals surface area contributed by atoms with Crippen LogP contribution in [0.5, 0.6) is 0 Å². The molecule has 21 heavy (non-hydrogen) atoms. The smallest absolute Gasteiger partial charge is 0.410 e. The van der Waals surface area contributed by atoms with Gasteiger partial charge in [0, 0.05) is 18.6 Å². The van der Waals surface area contributed by atoms with E-state index in [0.717, 1.165) is 51.7 Å². The zero-order chi connectivity index (χ0) is 15.9. The molecule has 1 aliphatic heterocycles. The van der Waals surface area contributed by atoms with E-state index in [1.54, 1.807) is 0 Å². The van der Waals surface area contributed by atoms with Crippen LogP contribution in [0.15, 0.2) is 0 Å². The Bertz CT molecular complexity index is 315. The Hall–Kier alpha value is -0.810. The Morgan fingerprint density at radius 3 is 2.76 bits per heavy atom. The fraction of sp³-hybridized carbons (Fsp3) is 0.938. The Balaban J connectivity index is 2.37. The first-order chi connectivity index (χ1) is 9.83. The van der Waals surface area contributed by atoms with Crippen molar-refractivity contribution in [1.82, 2.24) is 10.2 Å². The summed E-state index contributed by atoms with van der Waals surface area (Å²) in [5.41, 5.74) is 5.07. The van der Waals surface area contributed by atoms with Crippen LogP contribution in [0.2, 0.25) is 0 Å². The third-order valence-corrected chi connectivity index (χ3v) is 3.75. The zero-order valence-corrected chi connectivity index (χ0v) is 14.2. The minimum atomic E-state index is -0.420. The van der Waals surface area contributed by atoms with Gasteiger partial charge in [-0.2, -0.15) is 0 Å². The van der Waals surface area contributed by atoms with Gasteiger partial charge in [0.2, 0.25) is 0 Å². The Morgan fingerprint density at radius 1 is 1.43 bits per heavy atom. The van der Waals surface area contributed by atoms with Gasteiger partial charge in [-0.3, -0.25) is 0 Å². The number of rotatable bonds is 7. The predicted octanol–water partition coefficient (Wildman–Crippen LogP) is 2.49. The number of amides is 1. The lowest BCUT2D eigenvalue weighted by molar-refractivity contribution is 0.0214. The van der Waals surface area contributed by atoms with Gasteiger partial charge in [-0.15, -0.1) is 0 Å². The molecule has 0 bridgehead atoms. The lowest BCUT2D eigenvalue weighted by atomic mass is 10.1. The molecule has 1 rings (SSSR count). The van der Waals surface area contributed by atoms with Gasteiger partial charge in [-0.1, -0.05) is 0 Å². The number of nitrogens with one attached hydrogen (secondary N) is 1. The number of nitrogens with zero attached hydrogens (tertiary/aromatic N) is 1. The van der Waals surface area contributed by atoms with Crippen LogP contribution in [0, 0.1) is 0 Å². The Morgan fingerprint density at radius 2 is 2.14 bits per heavy atom. The molecule has 1 fully saturated rings. The maximum atomic E-state index is 12.2. The molecule has 1 heterocycles. The van der Waals surface area contributed by atoms with Crippen LogP contribution in [-0.4, -0.2) is 48.3 Å². The summed E-state index contributed by atoms with van der Waals surface area (Å²) >= 11 is 0. The van der Waals surface area contributed by atoms with Gasteiger partial charge < -0.3 is 20.7 Å². The molecule has 2 atom stereocenters. The van der Waals surface area contributed by atoms with E-state index in [1.165, 1.54) is 0 Å². The van der Waals surface area contributed by atoms with Gasteiger partial charge >= 0.3 is 6.09 Å². The molecule has 3 N–H and O–H groups in total. The lowest BCUT2D eigenvalue weighted by Crippen LogP contribution is -2.42. The van der Waals surface area contributed by atoms with Gasteiger partial charge in [0.25, 0.3) is 0 Å². The van der Waals surface area contributed by atoms with E-state index in [0.29, 0.717) is 12.1 Å². The second-order valence-electron chi connectivity index (χ2n) is 7.06. The largest absolute Gasteiger partial charge is 0.444 e. The predicted molar refractivity (Wildman–Crippen MR) is 86.3 cm³/mol. The maximum absolute atomic E-state index is 12.2. The summed E-state index contributed by atoms with van der Waals surface area (Å²) in [4.78, 5) is 14.1. The second kappa shape index (κ2) is 8.59. The van der Waals surface area contributed by atoms with Gasteiger partial charge in [-0.05, 0) is 72.9 Å². The molecule has 0 radical (unpaired) electrons. The minimum Gasteiger partial charge on any atom is -0.444 e. The average Bonchev–Trinajstić information content (AvgIpc) is 2.81. The molecule has 0 saturated carbocycles. The molecule has 0 aliphatic carbocycles. The summed E-state index contributed by atoms with van der Waals surface area (Å²) < 4.78 is 5.50. The number of ether oxygens (including phenoxy) is 1. The third-order valence-electron chi connectivity index (χ3n) is 3.75. The number of carbonyl (C=O) groups is 1. The molecular weight excluding hydrogens is 266 g/mol. The van der Waals surface area contributed by atoms with Gasteiger partial charge in [-0.25, -0.2) is 4.79 Å². The molecule has 0 aromatic carbocycles. The Labute approximate surface area is 129 Å². The summed E-state index contributed by atoms with van der Waals surface area (Å²) in [6.07, 6.45) is 5.15. The zero-order valence-electron chi connectivity index (χ0n) is 14.2. The van der Waals surface area contributed by atoms with Crippen molar-refractivity contribution < 1.29 is 9.53 Å². The van der Waals surface area contributed by atoms with Crippen LogP contribution in [0.25, 0.3) is 0 Å². The highest BCUT2D eigenvalue weighted by Crippen LogP contribution is 2.24. The van der Waals surface area contributed by atoms with E-state index in [4.69, 9.17) is 10.5 Å². The molecule has 1 amide bonds. The molecule has 0 aromatic rings. The van der Waals surface area contributed by atoms with Crippen molar-refractivity contribution in [2.75, 3.05) is 19.6 Å². The van der Waals surface area contributed by atoms with E-state index in [2.05, 4.69) is 12.2 Å². The normalized spacial score (nSPS) is 20.6. The summed E-state index contributed by atoms with van der Waals surface area (Å²) in [5.74, 6) is 0. The van der Waals surface area contributed by atoms with E-state index >= 15 is 0 Å². The van der Waals surface area contributed by atoms with Crippen LogP contribution in [0.4, 0.5) is 4.79 Å². The van der Waals surface area contributed by atoms with Crippen molar-refractivity contribution in [1.29, 1.82) is 0 Å². The van der Waals surface area contributed by atoms with Crippen LogP contribution in [0.1, 0.15) is 59.8 Å². The highest BCUT2D eigenvalue weighted by molar-refractivity contribution is 5.68. The highest BCUT2D eigenvalue weighted by atomic mass is 16.6. The molecule has 5 heteroatoms. The number of unbranched alkanes of at least 4 members (excludes halogenated alkanes) is 1. The number of carbonyl (C=O) groups excluding carboxylic acids is 1. The topological polar surface area (TPSA) is 67.6 Å². The molecule has 0 aromatic heterocycles. The minimum absolute atomic E-state index is 0.166. The van der Waals surface area contributed by atoms with E-state index in [9.17, 15) is 4.79 Å². The fourth-order valence-corrected chi connectivity index (χ4v) is 2.75. The summed E-state index contributed by atoms with van der Waals surface area (Å²) in [6, 6.07) is 0.715. The van der Waals surface area contributed by atoms with Crippen molar-refractivity contribution in [2.45, 2.75) is 77.5 Å². The van der Waals surface area contributed by atoms with Crippen molar-refractivity contribution in [3.05, 3.63) is 0 Å². The van der Waals surface area contributed by atoms with Crippen molar-refractivity contribution in [2.24, 2.45) is 5.73 Å². The average molecular weight is 299 g/mol. The summed E-state index contributed by atoms with van der Waals surface area (Å²) in [5, 5.41) is 3.52. The van der Waals surface area contributed by atoms with E-state index in [-0.39, 0.29) is 6.09 Å². The van der Waals surface area contributed by atoms with Crippen molar-refractivity contribution in [3.8, 4) is 0 Å². The van der Waals surface area contributed by atoms with Gasteiger partial charge in [0.05, 0.1) is 0 Å². The quantitative estimate of drug-likeness (QED) is 0.709. The molecular formula is C16H33N3O2. The molecule has 0 spiro atoms. The Kier molecular flexibility index (Phi) is 7.46. The van der Waals surface area contributed by atoms with Crippen molar-refractivity contribution >= 4 is 6.09 Å². The third kappa shape index (κ3) is 7.14. The molecule has 5 nitrogen and oxygen atoms in total. The molecule has 2 unspecified atom stereocenters. The highest BCUT2D eigenvalue weighted by Gasteiger charge is 2.32. The SMILES string of the molecule is CC(CC1CCCN1C(=O)OC(C)(C)C)NCCCCN. The second-order valence-corrected chi connectivity index (χ2v) is 7.06. The fourth-order valence-electron chi connectivity index (χ4n) is 2.75. The summed E-state index contributed by atoms with van der Waals surface area (Å²) in [6.45, 7) is 10.5. The molecule has 1 aliphatic rings. The summed E-state index contributed by atoms with van der Waals surface area (Å²) in [7, 11) is 0. The van der Waals surface area contributed by atoms with Crippen LogP contribution in [0.3, 0.4) is 0 Å². The first kappa shape index (κ1) is 18.2. The molecule has 1 saturated heterocycles. The number of hydrogen-bond acceptors (Lipinski definition) is 4. The first-order valence-corrected chi connectivity index (χ1v) is 8.26. The lowest BCUT2D eigenvalue weighted by Gasteiger charge is -2.30.